The van der Waals surface area contributed by atoms with Gasteiger partial charge in [-0.25, -0.2) is 4.79 Å². The zero-order chi connectivity index (χ0) is 29.0. The van der Waals surface area contributed by atoms with E-state index in [0.717, 1.165) is 17.5 Å². The van der Waals surface area contributed by atoms with Crippen LogP contribution in [0.3, 0.4) is 0 Å². The van der Waals surface area contributed by atoms with Crippen molar-refractivity contribution in [2.45, 2.75) is 71.6 Å². The Morgan fingerprint density at radius 1 is 0.923 bits per heavy atom. The Morgan fingerprint density at radius 3 is 2.13 bits per heavy atom. The number of hydrogen-bond donors (Lipinski definition) is 2. The monoisotopic (exact) mass is 539 g/mol. The van der Waals surface area contributed by atoms with E-state index < -0.39 is 41.6 Å². The van der Waals surface area contributed by atoms with Gasteiger partial charge in [0.05, 0.1) is 13.0 Å². The first-order valence-corrected chi connectivity index (χ1v) is 13.3. The molecule has 0 saturated carbocycles. The first kappa shape index (κ1) is 31.3. The van der Waals surface area contributed by atoms with E-state index in [4.69, 9.17) is 9.47 Å². The van der Waals surface area contributed by atoms with Gasteiger partial charge in [0.25, 0.3) is 0 Å². The third-order valence-corrected chi connectivity index (χ3v) is 5.89. The van der Waals surface area contributed by atoms with Crippen molar-refractivity contribution in [3.05, 3.63) is 71.3 Å². The zero-order valence-electron chi connectivity index (χ0n) is 23.8. The molecule has 0 fully saturated rings. The van der Waals surface area contributed by atoms with Crippen molar-refractivity contribution in [2.75, 3.05) is 20.2 Å². The predicted octanol–water partition coefficient (Wildman–Crippen LogP) is 3.95. The van der Waals surface area contributed by atoms with Crippen molar-refractivity contribution in [3.63, 3.8) is 0 Å². The normalized spacial score (nSPS) is 12.6. The van der Waals surface area contributed by atoms with Crippen LogP contribution in [0.15, 0.2) is 54.6 Å². The summed E-state index contributed by atoms with van der Waals surface area (Å²) in [7, 11) is 1.53. The Kier molecular flexibility index (Phi) is 12.0. The number of nitrogens with zero attached hydrogens (tertiary/aromatic N) is 1. The van der Waals surface area contributed by atoms with Crippen molar-refractivity contribution in [3.8, 4) is 0 Å². The highest BCUT2D eigenvalue weighted by atomic mass is 16.6. The van der Waals surface area contributed by atoms with Crippen LogP contribution in [0.4, 0.5) is 4.79 Å². The number of aryl methyl sites for hydroxylation is 1. The van der Waals surface area contributed by atoms with Crippen LogP contribution >= 0.6 is 0 Å². The molecule has 2 atom stereocenters. The Labute approximate surface area is 231 Å². The second-order valence-electron chi connectivity index (χ2n) is 10.2. The Hall–Kier alpha value is -3.88. The largest absolute Gasteiger partial charge is 0.466 e. The van der Waals surface area contributed by atoms with Crippen LogP contribution in [0.5, 0.6) is 0 Å². The van der Waals surface area contributed by atoms with Gasteiger partial charge in [-0.05, 0) is 50.8 Å². The third kappa shape index (κ3) is 10.4. The van der Waals surface area contributed by atoms with E-state index in [0.29, 0.717) is 5.56 Å². The second-order valence-corrected chi connectivity index (χ2v) is 10.2. The molecule has 0 spiro atoms. The molecule has 2 aromatic rings. The molecule has 2 N–H and O–H groups in total. The average molecular weight is 540 g/mol. The fraction of sp³-hybridized carbons (Fsp3) is 0.467. The molecule has 0 aliphatic rings. The fourth-order valence-electron chi connectivity index (χ4n) is 3.98. The van der Waals surface area contributed by atoms with Gasteiger partial charge >= 0.3 is 12.1 Å². The molecule has 2 aromatic carbocycles. The highest BCUT2D eigenvalue weighted by Gasteiger charge is 2.34. The molecular weight excluding hydrogens is 498 g/mol. The lowest BCUT2D eigenvalue weighted by Gasteiger charge is -2.32. The first-order chi connectivity index (χ1) is 18.4. The summed E-state index contributed by atoms with van der Waals surface area (Å²) in [6.45, 7) is 9.28. The number of likely N-dealkylation sites (N-methyl/N-ethyl adjacent to an activating group) is 1. The molecule has 0 saturated heterocycles. The quantitative estimate of drug-likeness (QED) is 0.395. The topological polar surface area (TPSA) is 114 Å². The molecule has 3 amide bonds. The van der Waals surface area contributed by atoms with Crippen LogP contribution in [-0.2, 0) is 36.7 Å². The summed E-state index contributed by atoms with van der Waals surface area (Å²) >= 11 is 0. The summed E-state index contributed by atoms with van der Waals surface area (Å²) < 4.78 is 10.3. The van der Waals surface area contributed by atoms with Gasteiger partial charge in [-0.2, -0.15) is 0 Å². The number of carbonyl (C=O) groups excluding carboxylic acids is 4. The lowest BCUT2D eigenvalue weighted by Crippen LogP contribution is -2.52. The zero-order valence-corrected chi connectivity index (χ0v) is 23.8. The molecule has 9 heteroatoms. The highest BCUT2D eigenvalue weighted by Crippen LogP contribution is 2.23. The van der Waals surface area contributed by atoms with Crippen LogP contribution < -0.4 is 10.6 Å². The van der Waals surface area contributed by atoms with Crippen LogP contribution in [0.1, 0.15) is 63.8 Å². The molecule has 9 nitrogen and oxygen atoms in total. The van der Waals surface area contributed by atoms with Gasteiger partial charge in [0.2, 0.25) is 11.8 Å². The number of rotatable bonds is 12. The molecule has 212 valence electrons. The van der Waals surface area contributed by atoms with Gasteiger partial charge < -0.3 is 25.0 Å². The Bertz CT molecular complexity index is 1100. The summed E-state index contributed by atoms with van der Waals surface area (Å²) in [6, 6.07) is 14.7. The summed E-state index contributed by atoms with van der Waals surface area (Å²) in [6.07, 6.45) is 0.308. The molecule has 39 heavy (non-hydrogen) atoms. The van der Waals surface area contributed by atoms with Gasteiger partial charge in [0.15, 0.2) is 0 Å². The van der Waals surface area contributed by atoms with E-state index in [-0.39, 0.29) is 26.0 Å². The van der Waals surface area contributed by atoms with Crippen LogP contribution in [0.2, 0.25) is 0 Å². The molecule has 0 radical (unpaired) electrons. The smallest absolute Gasteiger partial charge is 0.408 e. The average Bonchev–Trinajstić information content (AvgIpc) is 2.88. The van der Waals surface area contributed by atoms with Crippen molar-refractivity contribution in [2.24, 2.45) is 0 Å². The Balaban J connectivity index is 2.34. The third-order valence-electron chi connectivity index (χ3n) is 5.89. The lowest BCUT2D eigenvalue weighted by atomic mass is 9.99. The van der Waals surface area contributed by atoms with E-state index in [9.17, 15) is 19.2 Å². The van der Waals surface area contributed by atoms with Crippen molar-refractivity contribution in [1.29, 1.82) is 0 Å². The number of carbonyl (C=O) groups is 4. The summed E-state index contributed by atoms with van der Waals surface area (Å²) in [5.41, 5.74) is 1.77. The molecule has 0 aromatic heterocycles. The number of ether oxygens (including phenoxy) is 2. The minimum absolute atomic E-state index is 0.00949. The minimum Gasteiger partial charge on any atom is -0.466 e. The number of esters is 1. The van der Waals surface area contributed by atoms with E-state index in [1.165, 1.54) is 11.9 Å². The van der Waals surface area contributed by atoms with Crippen LogP contribution in [0, 0.1) is 0 Å². The summed E-state index contributed by atoms with van der Waals surface area (Å²) in [5.74, 6) is -1.33. The van der Waals surface area contributed by atoms with E-state index in [2.05, 4.69) is 10.6 Å². The van der Waals surface area contributed by atoms with Gasteiger partial charge in [-0.3, -0.25) is 14.4 Å². The molecule has 0 aliphatic heterocycles. The maximum absolute atomic E-state index is 13.9. The van der Waals surface area contributed by atoms with E-state index in [1.54, 1.807) is 27.7 Å². The minimum atomic E-state index is -0.996. The van der Waals surface area contributed by atoms with Gasteiger partial charge in [-0.1, -0.05) is 61.5 Å². The second kappa shape index (κ2) is 14.9. The summed E-state index contributed by atoms with van der Waals surface area (Å²) in [5, 5.41) is 5.44. The van der Waals surface area contributed by atoms with Gasteiger partial charge in [-0.15, -0.1) is 0 Å². The molecule has 0 bridgehead atoms. The number of alkyl carbamates (subject to hydrolysis) is 1. The SMILES string of the molecule is CCOC(=O)CCNC(=O)C(c1ccc(CC)cc1)N(C)C(=O)C(Cc1ccccc1)NC(=O)OC(C)(C)C. The van der Waals surface area contributed by atoms with Gasteiger partial charge in [0, 0.05) is 20.0 Å². The van der Waals surface area contributed by atoms with E-state index >= 15 is 0 Å². The van der Waals surface area contributed by atoms with Gasteiger partial charge in [0.1, 0.15) is 17.7 Å². The fourth-order valence-corrected chi connectivity index (χ4v) is 3.98. The predicted molar refractivity (Wildman–Crippen MR) is 149 cm³/mol. The molecule has 0 heterocycles. The maximum Gasteiger partial charge on any atom is 0.408 e. The number of benzene rings is 2. The lowest BCUT2D eigenvalue weighted by molar-refractivity contribution is -0.143. The molecule has 2 unspecified atom stereocenters. The van der Waals surface area contributed by atoms with E-state index in [1.807, 2.05) is 61.5 Å². The summed E-state index contributed by atoms with van der Waals surface area (Å²) in [4.78, 5) is 53.0. The first-order valence-electron chi connectivity index (χ1n) is 13.3. The van der Waals surface area contributed by atoms with Crippen LogP contribution in [0.25, 0.3) is 0 Å². The molecule has 2 rings (SSSR count). The molecular formula is C30H41N3O6. The van der Waals surface area contributed by atoms with Crippen molar-refractivity contribution in [1.82, 2.24) is 15.5 Å². The number of hydrogen-bond acceptors (Lipinski definition) is 6. The van der Waals surface area contributed by atoms with Crippen molar-refractivity contribution >= 4 is 23.9 Å². The Morgan fingerprint density at radius 2 is 1.56 bits per heavy atom. The molecule has 0 aliphatic carbocycles. The standard InChI is InChI=1S/C30H41N3O6/c1-7-21-14-16-23(17-15-21)26(27(35)31-19-18-25(34)38-8-2)33(6)28(36)24(20-22-12-10-9-11-13-22)32-29(37)39-30(3,4)5/h9-17,24,26H,7-8,18-20H2,1-6H3,(H,31,35)(H,32,37). The van der Waals surface area contributed by atoms with Crippen molar-refractivity contribution < 1.29 is 28.7 Å². The number of nitrogens with one attached hydrogen (secondary N) is 2. The highest BCUT2D eigenvalue weighted by molar-refractivity contribution is 5.92. The number of amides is 3. The maximum atomic E-state index is 13.9. The van der Waals surface area contributed by atoms with Crippen LogP contribution in [-0.4, -0.2) is 60.6 Å².